The van der Waals surface area contributed by atoms with E-state index in [0.29, 0.717) is 5.56 Å². The van der Waals surface area contributed by atoms with Crippen molar-refractivity contribution in [3.63, 3.8) is 0 Å². The molecule has 1 aromatic carbocycles. The Morgan fingerprint density at radius 3 is 2.18 bits per heavy atom. The van der Waals surface area contributed by atoms with Crippen molar-refractivity contribution < 1.29 is 14.7 Å². The molecule has 1 aromatic rings. The van der Waals surface area contributed by atoms with Crippen molar-refractivity contribution in [3.8, 4) is 5.75 Å². The van der Waals surface area contributed by atoms with Gasteiger partial charge in [0, 0.05) is 0 Å². The second-order valence-electron chi connectivity index (χ2n) is 3.30. The average Bonchev–Trinajstić information content (AvgIpc) is 2.54. The molecule has 0 unspecified atom stereocenters. The van der Waals surface area contributed by atoms with Gasteiger partial charge in [-0.3, -0.25) is 10.1 Å². The standard InChI is InChI=1S/C10H6Cl2N2O3/c11-5-1-4(2-6(12)8(5)15)3-7-9(16)14-10(17)13-7/h1-3,15H,(H2,13,14,16,17). The molecule has 3 amide bonds. The molecule has 2 rings (SSSR count). The summed E-state index contributed by atoms with van der Waals surface area (Å²) in [6.07, 6.45) is 1.40. The third kappa shape index (κ3) is 2.35. The van der Waals surface area contributed by atoms with Crippen LogP contribution in [-0.4, -0.2) is 17.0 Å². The summed E-state index contributed by atoms with van der Waals surface area (Å²) >= 11 is 11.4. The van der Waals surface area contributed by atoms with Gasteiger partial charge in [0.25, 0.3) is 5.91 Å². The van der Waals surface area contributed by atoms with Gasteiger partial charge in [0.15, 0.2) is 5.75 Å². The number of rotatable bonds is 1. The molecule has 17 heavy (non-hydrogen) atoms. The summed E-state index contributed by atoms with van der Waals surface area (Å²) in [6.45, 7) is 0. The lowest BCUT2D eigenvalue weighted by Crippen LogP contribution is -2.22. The van der Waals surface area contributed by atoms with E-state index in [0.717, 1.165) is 0 Å². The third-order valence-electron chi connectivity index (χ3n) is 2.07. The maximum atomic E-state index is 11.2. The van der Waals surface area contributed by atoms with Gasteiger partial charge in [0.1, 0.15) is 5.70 Å². The van der Waals surface area contributed by atoms with Crippen LogP contribution >= 0.6 is 23.2 Å². The largest absolute Gasteiger partial charge is 0.505 e. The molecule has 1 aliphatic rings. The highest BCUT2D eigenvalue weighted by molar-refractivity contribution is 6.37. The SMILES string of the molecule is O=C1NC(=O)C(=Cc2cc(Cl)c(O)c(Cl)c2)N1. The normalized spacial score (nSPS) is 17.2. The van der Waals surface area contributed by atoms with E-state index in [1.165, 1.54) is 18.2 Å². The number of nitrogens with one attached hydrogen (secondary N) is 2. The molecule has 3 N–H and O–H groups in total. The van der Waals surface area contributed by atoms with Crippen LogP contribution in [-0.2, 0) is 4.79 Å². The van der Waals surface area contributed by atoms with Gasteiger partial charge in [-0.05, 0) is 23.8 Å². The first-order valence-corrected chi connectivity index (χ1v) is 5.25. The Balaban J connectivity index is 2.40. The highest BCUT2D eigenvalue weighted by Crippen LogP contribution is 2.33. The number of urea groups is 1. The van der Waals surface area contributed by atoms with E-state index in [1.54, 1.807) is 0 Å². The first kappa shape index (κ1) is 11.8. The Morgan fingerprint density at radius 1 is 1.12 bits per heavy atom. The molecule has 0 bridgehead atoms. The number of halogens is 2. The van der Waals surface area contributed by atoms with Crippen molar-refractivity contribution in [3.05, 3.63) is 33.4 Å². The molecule has 0 aromatic heterocycles. The predicted molar refractivity (Wildman–Crippen MR) is 62.8 cm³/mol. The van der Waals surface area contributed by atoms with E-state index >= 15 is 0 Å². The van der Waals surface area contributed by atoms with Crippen LogP contribution < -0.4 is 10.6 Å². The monoisotopic (exact) mass is 272 g/mol. The van der Waals surface area contributed by atoms with Crippen molar-refractivity contribution in [1.82, 2.24) is 10.6 Å². The number of carbonyl (C=O) groups excluding carboxylic acids is 2. The zero-order valence-electron chi connectivity index (χ0n) is 8.25. The van der Waals surface area contributed by atoms with Gasteiger partial charge in [-0.1, -0.05) is 23.2 Å². The van der Waals surface area contributed by atoms with E-state index in [-0.39, 0.29) is 21.5 Å². The molecule has 0 radical (unpaired) electrons. The van der Waals surface area contributed by atoms with Crippen molar-refractivity contribution in [2.24, 2.45) is 0 Å². The molecule has 0 aliphatic carbocycles. The maximum absolute atomic E-state index is 11.2. The Kier molecular flexibility index (Phi) is 2.95. The van der Waals surface area contributed by atoms with E-state index in [1.807, 2.05) is 0 Å². The molecule has 1 fully saturated rings. The van der Waals surface area contributed by atoms with Crippen LogP contribution in [0.25, 0.3) is 6.08 Å². The van der Waals surface area contributed by atoms with Crippen molar-refractivity contribution in [1.29, 1.82) is 0 Å². The van der Waals surface area contributed by atoms with E-state index in [2.05, 4.69) is 10.6 Å². The molecule has 0 spiro atoms. The number of benzene rings is 1. The van der Waals surface area contributed by atoms with Crippen LogP contribution in [0.2, 0.25) is 10.0 Å². The Morgan fingerprint density at radius 2 is 1.71 bits per heavy atom. The van der Waals surface area contributed by atoms with Gasteiger partial charge in [0.2, 0.25) is 0 Å². The summed E-state index contributed by atoms with van der Waals surface area (Å²) in [4.78, 5) is 22.1. The summed E-state index contributed by atoms with van der Waals surface area (Å²) in [5.74, 6) is -0.759. The Bertz CT molecular complexity index is 531. The summed E-state index contributed by atoms with van der Waals surface area (Å²) in [7, 11) is 0. The summed E-state index contributed by atoms with van der Waals surface area (Å²) in [5.41, 5.74) is 0.581. The van der Waals surface area contributed by atoms with Crippen molar-refractivity contribution >= 4 is 41.2 Å². The first-order valence-electron chi connectivity index (χ1n) is 4.49. The Labute approximate surface area is 106 Å². The molecular formula is C10H6Cl2N2O3. The number of hydrogen-bond acceptors (Lipinski definition) is 3. The van der Waals surface area contributed by atoms with Crippen molar-refractivity contribution in [2.45, 2.75) is 0 Å². The topological polar surface area (TPSA) is 78.4 Å². The summed E-state index contributed by atoms with van der Waals surface area (Å²) in [5, 5.41) is 13.9. The number of amides is 3. The van der Waals surface area contributed by atoms with Crippen LogP contribution in [0.1, 0.15) is 5.56 Å². The number of carbonyl (C=O) groups is 2. The molecular weight excluding hydrogens is 267 g/mol. The van der Waals surface area contributed by atoms with Crippen LogP contribution in [0.5, 0.6) is 5.75 Å². The number of hydrogen-bond donors (Lipinski definition) is 3. The minimum atomic E-state index is -0.586. The smallest absolute Gasteiger partial charge is 0.326 e. The molecule has 88 valence electrons. The second-order valence-corrected chi connectivity index (χ2v) is 4.11. The molecule has 5 nitrogen and oxygen atoms in total. The fourth-order valence-electron chi connectivity index (χ4n) is 1.32. The van der Waals surface area contributed by atoms with E-state index in [4.69, 9.17) is 23.2 Å². The zero-order valence-corrected chi connectivity index (χ0v) is 9.76. The summed E-state index contributed by atoms with van der Waals surface area (Å²) < 4.78 is 0. The van der Waals surface area contributed by atoms with Gasteiger partial charge in [-0.15, -0.1) is 0 Å². The molecule has 0 saturated carbocycles. The summed E-state index contributed by atoms with van der Waals surface area (Å²) in [6, 6.07) is 2.26. The van der Waals surface area contributed by atoms with Gasteiger partial charge in [0.05, 0.1) is 10.0 Å². The second kappa shape index (κ2) is 4.27. The average molecular weight is 273 g/mol. The fourth-order valence-corrected chi connectivity index (χ4v) is 1.82. The molecule has 7 heteroatoms. The lowest BCUT2D eigenvalue weighted by Gasteiger charge is -2.02. The predicted octanol–water partition coefficient (Wildman–Crippen LogP) is 1.88. The van der Waals surface area contributed by atoms with Gasteiger partial charge >= 0.3 is 6.03 Å². The van der Waals surface area contributed by atoms with E-state index in [9.17, 15) is 14.7 Å². The Hall–Kier alpha value is -1.72. The highest BCUT2D eigenvalue weighted by Gasteiger charge is 2.22. The van der Waals surface area contributed by atoms with Crippen molar-refractivity contribution in [2.75, 3.05) is 0 Å². The van der Waals surface area contributed by atoms with Crippen LogP contribution in [0.15, 0.2) is 17.8 Å². The van der Waals surface area contributed by atoms with E-state index < -0.39 is 11.9 Å². The van der Waals surface area contributed by atoms with Gasteiger partial charge < -0.3 is 10.4 Å². The number of phenols is 1. The quantitative estimate of drug-likeness (QED) is 0.540. The number of aromatic hydroxyl groups is 1. The van der Waals surface area contributed by atoms with Gasteiger partial charge in [-0.2, -0.15) is 0 Å². The van der Waals surface area contributed by atoms with Crippen LogP contribution in [0.4, 0.5) is 4.79 Å². The lowest BCUT2D eigenvalue weighted by molar-refractivity contribution is -0.115. The third-order valence-corrected chi connectivity index (χ3v) is 2.65. The highest BCUT2D eigenvalue weighted by atomic mass is 35.5. The van der Waals surface area contributed by atoms with Crippen LogP contribution in [0, 0.1) is 0 Å². The molecule has 1 saturated heterocycles. The van der Waals surface area contributed by atoms with Crippen LogP contribution in [0.3, 0.4) is 0 Å². The molecule has 1 heterocycles. The molecule has 1 aliphatic heterocycles. The lowest BCUT2D eigenvalue weighted by atomic mass is 10.2. The minimum absolute atomic E-state index is 0.0640. The number of imide groups is 1. The minimum Gasteiger partial charge on any atom is -0.505 e. The number of phenolic OH excluding ortho intramolecular Hbond substituents is 1. The zero-order chi connectivity index (χ0) is 12.6. The first-order chi connectivity index (χ1) is 7.97. The maximum Gasteiger partial charge on any atom is 0.326 e. The molecule has 0 atom stereocenters. The fraction of sp³-hybridized carbons (Fsp3) is 0. The van der Waals surface area contributed by atoms with Gasteiger partial charge in [-0.25, -0.2) is 4.79 Å².